The number of para-hydroxylation sites is 2. The molecule has 0 radical (unpaired) electrons. The first-order valence-corrected chi connectivity index (χ1v) is 9.38. The van der Waals surface area contributed by atoms with Crippen molar-refractivity contribution in [3.63, 3.8) is 0 Å². The maximum Gasteiger partial charge on any atom is 0.319 e. The highest BCUT2D eigenvalue weighted by Crippen LogP contribution is 2.28. The number of oxazole rings is 1. The van der Waals surface area contributed by atoms with E-state index < -0.39 is 0 Å². The van der Waals surface area contributed by atoms with Crippen LogP contribution >= 0.6 is 0 Å². The predicted molar refractivity (Wildman–Crippen MR) is 115 cm³/mol. The van der Waals surface area contributed by atoms with E-state index in [1.165, 1.54) is 0 Å². The molecule has 4 rings (SSSR count). The van der Waals surface area contributed by atoms with Crippen LogP contribution in [0.15, 0.2) is 71.1 Å². The molecule has 0 aliphatic carbocycles. The molecule has 30 heavy (non-hydrogen) atoms. The lowest BCUT2D eigenvalue weighted by molar-refractivity contribution is 0.251. The van der Waals surface area contributed by atoms with Gasteiger partial charge in [-0.1, -0.05) is 24.3 Å². The van der Waals surface area contributed by atoms with Crippen LogP contribution in [0.1, 0.15) is 5.56 Å². The average molecular weight is 403 g/mol. The third kappa shape index (κ3) is 4.20. The molecule has 2 amide bonds. The molecule has 4 aromatic rings. The number of ether oxygens (including phenoxy) is 2. The first-order valence-electron chi connectivity index (χ1n) is 9.38. The third-order valence-corrected chi connectivity index (χ3v) is 4.56. The minimum absolute atomic E-state index is 0.320. The van der Waals surface area contributed by atoms with Crippen molar-refractivity contribution in [1.82, 2.24) is 10.3 Å². The van der Waals surface area contributed by atoms with Gasteiger partial charge in [0.15, 0.2) is 17.1 Å². The summed E-state index contributed by atoms with van der Waals surface area (Å²) in [5.74, 6) is 1.76. The number of rotatable bonds is 6. The number of anilines is 1. The van der Waals surface area contributed by atoms with E-state index in [1.807, 2.05) is 60.7 Å². The van der Waals surface area contributed by atoms with Crippen LogP contribution in [0, 0.1) is 0 Å². The first-order chi connectivity index (χ1) is 14.7. The number of urea groups is 1. The highest BCUT2D eigenvalue weighted by atomic mass is 16.5. The molecule has 1 aromatic heterocycles. The van der Waals surface area contributed by atoms with Crippen molar-refractivity contribution in [2.75, 3.05) is 19.5 Å². The SMILES string of the molecule is COc1ccc(CNC(=O)Nc2cccc(-c3nc4ccccc4o3)c2)cc1OC. The zero-order chi connectivity index (χ0) is 20.9. The van der Waals surface area contributed by atoms with Gasteiger partial charge in [-0.05, 0) is 48.0 Å². The van der Waals surface area contributed by atoms with Crippen molar-refractivity contribution < 1.29 is 18.7 Å². The lowest BCUT2D eigenvalue weighted by atomic mass is 10.2. The Morgan fingerprint density at radius 2 is 1.80 bits per heavy atom. The van der Waals surface area contributed by atoms with Crippen LogP contribution in [0.3, 0.4) is 0 Å². The van der Waals surface area contributed by atoms with Crippen molar-refractivity contribution in [2.24, 2.45) is 0 Å². The standard InChI is InChI=1S/C23H21N3O4/c1-28-20-11-10-15(12-21(20)29-2)14-24-23(27)25-17-7-5-6-16(13-17)22-26-18-8-3-4-9-19(18)30-22/h3-13H,14H2,1-2H3,(H2,24,25,27). The number of benzene rings is 3. The maximum atomic E-state index is 12.3. The van der Waals surface area contributed by atoms with Crippen molar-refractivity contribution >= 4 is 22.8 Å². The largest absolute Gasteiger partial charge is 0.493 e. The second-order valence-electron chi connectivity index (χ2n) is 6.56. The highest BCUT2D eigenvalue weighted by molar-refractivity contribution is 5.90. The number of amides is 2. The molecule has 152 valence electrons. The molecule has 0 aliphatic heterocycles. The van der Waals surface area contributed by atoms with E-state index in [9.17, 15) is 4.79 Å². The maximum absolute atomic E-state index is 12.3. The van der Waals surface area contributed by atoms with E-state index in [1.54, 1.807) is 20.3 Å². The lowest BCUT2D eigenvalue weighted by Crippen LogP contribution is -2.28. The summed E-state index contributed by atoms with van der Waals surface area (Å²) in [6, 6.07) is 20.1. The number of aromatic nitrogens is 1. The molecule has 0 saturated heterocycles. The Hall–Kier alpha value is -4.00. The van der Waals surface area contributed by atoms with Gasteiger partial charge >= 0.3 is 6.03 Å². The summed E-state index contributed by atoms with van der Waals surface area (Å²) in [4.78, 5) is 16.8. The second kappa shape index (κ2) is 8.57. The number of carbonyl (C=O) groups is 1. The van der Waals surface area contributed by atoms with Gasteiger partial charge in [-0.15, -0.1) is 0 Å². The summed E-state index contributed by atoms with van der Waals surface area (Å²) in [7, 11) is 3.16. The van der Waals surface area contributed by atoms with E-state index in [0.717, 1.165) is 22.2 Å². The quantitative estimate of drug-likeness (QED) is 0.481. The fourth-order valence-electron chi connectivity index (χ4n) is 3.07. The molecule has 0 spiro atoms. The fourth-order valence-corrected chi connectivity index (χ4v) is 3.07. The minimum Gasteiger partial charge on any atom is -0.493 e. The molecule has 7 nitrogen and oxygen atoms in total. The van der Waals surface area contributed by atoms with Crippen LogP contribution in [0.4, 0.5) is 10.5 Å². The van der Waals surface area contributed by atoms with Gasteiger partial charge in [-0.25, -0.2) is 9.78 Å². The number of fused-ring (bicyclic) bond motifs is 1. The summed E-state index contributed by atoms with van der Waals surface area (Å²) >= 11 is 0. The van der Waals surface area contributed by atoms with Crippen LogP contribution < -0.4 is 20.1 Å². The Balaban J connectivity index is 1.42. The Bertz CT molecular complexity index is 1150. The van der Waals surface area contributed by atoms with Crippen molar-refractivity contribution in [1.29, 1.82) is 0 Å². The van der Waals surface area contributed by atoms with Crippen molar-refractivity contribution in [3.8, 4) is 23.0 Å². The Kier molecular flexibility index (Phi) is 5.52. The Morgan fingerprint density at radius 3 is 2.60 bits per heavy atom. The van der Waals surface area contributed by atoms with Crippen LogP contribution in [-0.2, 0) is 6.54 Å². The summed E-state index contributed by atoms with van der Waals surface area (Å²) < 4.78 is 16.3. The number of methoxy groups -OCH3 is 2. The Morgan fingerprint density at radius 1 is 0.967 bits per heavy atom. The summed E-state index contributed by atoms with van der Waals surface area (Å²) in [6.45, 7) is 0.344. The molecule has 0 unspecified atom stereocenters. The predicted octanol–water partition coefficient (Wildman–Crippen LogP) is 4.83. The van der Waals surface area contributed by atoms with E-state index in [0.29, 0.717) is 29.6 Å². The number of hydrogen-bond donors (Lipinski definition) is 2. The van der Waals surface area contributed by atoms with Gasteiger partial charge in [-0.3, -0.25) is 0 Å². The number of hydrogen-bond acceptors (Lipinski definition) is 5. The van der Waals surface area contributed by atoms with E-state index >= 15 is 0 Å². The van der Waals surface area contributed by atoms with Gasteiger partial charge < -0.3 is 24.5 Å². The van der Waals surface area contributed by atoms with Gasteiger partial charge in [-0.2, -0.15) is 0 Å². The van der Waals surface area contributed by atoms with Crippen LogP contribution in [-0.4, -0.2) is 25.2 Å². The zero-order valence-electron chi connectivity index (χ0n) is 16.6. The molecule has 3 aromatic carbocycles. The molecular weight excluding hydrogens is 382 g/mol. The summed E-state index contributed by atoms with van der Waals surface area (Å²) in [6.07, 6.45) is 0. The molecule has 0 aliphatic rings. The minimum atomic E-state index is -0.320. The van der Waals surface area contributed by atoms with E-state index in [-0.39, 0.29) is 6.03 Å². The summed E-state index contributed by atoms with van der Waals surface area (Å²) in [5, 5.41) is 5.66. The Labute approximate surface area is 173 Å². The van der Waals surface area contributed by atoms with Gasteiger partial charge in [0.25, 0.3) is 0 Å². The van der Waals surface area contributed by atoms with Gasteiger partial charge in [0.1, 0.15) is 5.52 Å². The number of carbonyl (C=O) groups excluding carboxylic acids is 1. The van der Waals surface area contributed by atoms with Gasteiger partial charge in [0.05, 0.1) is 14.2 Å². The van der Waals surface area contributed by atoms with Crippen molar-refractivity contribution in [3.05, 3.63) is 72.3 Å². The van der Waals surface area contributed by atoms with Gasteiger partial charge in [0, 0.05) is 17.8 Å². The average Bonchev–Trinajstić information content (AvgIpc) is 3.22. The molecule has 0 bridgehead atoms. The number of nitrogens with one attached hydrogen (secondary N) is 2. The highest BCUT2D eigenvalue weighted by Gasteiger charge is 2.10. The van der Waals surface area contributed by atoms with E-state index in [2.05, 4.69) is 15.6 Å². The molecule has 2 N–H and O–H groups in total. The fraction of sp³-hybridized carbons (Fsp3) is 0.130. The molecule has 1 heterocycles. The molecular formula is C23H21N3O4. The van der Waals surface area contributed by atoms with Gasteiger partial charge in [0.2, 0.25) is 5.89 Å². The van der Waals surface area contributed by atoms with E-state index in [4.69, 9.17) is 13.9 Å². The molecule has 0 saturated carbocycles. The first kappa shape index (κ1) is 19.3. The normalized spacial score (nSPS) is 10.6. The zero-order valence-corrected chi connectivity index (χ0v) is 16.6. The summed E-state index contributed by atoms with van der Waals surface area (Å²) in [5.41, 5.74) is 3.82. The third-order valence-electron chi connectivity index (χ3n) is 4.56. The lowest BCUT2D eigenvalue weighted by Gasteiger charge is -2.11. The number of nitrogens with zero attached hydrogens (tertiary/aromatic N) is 1. The molecule has 0 fully saturated rings. The molecule has 0 atom stereocenters. The van der Waals surface area contributed by atoms with Crippen LogP contribution in [0.25, 0.3) is 22.6 Å². The van der Waals surface area contributed by atoms with Crippen molar-refractivity contribution in [2.45, 2.75) is 6.54 Å². The topological polar surface area (TPSA) is 85.6 Å². The second-order valence-corrected chi connectivity index (χ2v) is 6.56. The van der Waals surface area contributed by atoms with Crippen LogP contribution in [0.2, 0.25) is 0 Å². The molecule has 7 heteroatoms. The van der Waals surface area contributed by atoms with Crippen LogP contribution in [0.5, 0.6) is 11.5 Å². The monoisotopic (exact) mass is 403 g/mol. The smallest absolute Gasteiger partial charge is 0.319 e.